The van der Waals surface area contributed by atoms with Crippen LogP contribution in [0.1, 0.15) is 0 Å². The molecule has 0 aliphatic rings. The monoisotopic (exact) mass is 288 g/mol. The second-order valence-corrected chi connectivity index (χ2v) is 4.38. The Kier molecular flexibility index (Phi) is 3.59. The summed E-state index contributed by atoms with van der Waals surface area (Å²) in [5, 5.41) is 2.95. The van der Waals surface area contributed by atoms with Gasteiger partial charge in [0.05, 0.1) is 27.1 Å². The Labute approximate surface area is 112 Å². The fourth-order valence-corrected chi connectivity index (χ4v) is 2.00. The highest BCUT2D eigenvalue weighted by Crippen LogP contribution is 2.35. The zero-order chi connectivity index (χ0) is 13.3. The van der Waals surface area contributed by atoms with Crippen molar-refractivity contribution < 1.29 is 8.78 Å². The molecule has 2 rings (SSSR count). The van der Waals surface area contributed by atoms with Crippen molar-refractivity contribution in [3.63, 3.8) is 0 Å². The van der Waals surface area contributed by atoms with E-state index in [2.05, 4.69) is 5.32 Å². The van der Waals surface area contributed by atoms with E-state index in [0.717, 1.165) is 12.1 Å². The normalized spacial score (nSPS) is 10.4. The smallest absolute Gasteiger partial charge is 0.148 e. The van der Waals surface area contributed by atoms with Crippen molar-refractivity contribution in [2.24, 2.45) is 0 Å². The molecule has 0 unspecified atom stereocenters. The van der Waals surface area contributed by atoms with E-state index in [1.54, 1.807) is 6.07 Å². The van der Waals surface area contributed by atoms with Gasteiger partial charge in [0.15, 0.2) is 0 Å². The van der Waals surface area contributed by atoms with Crippen LogP contribution in [0.2, 0.25) is 10.0 Å². The third kappa shape index (κ3) is 2.49. The highest BCUT2D eigenvalue weighted by Gasteiger charge is 2.11. The third-order valence-corrected chi connectivity index (χ3v) is 2.92. The molecular weight excluding hydrogens is 281 g/mol. The summed E-state index contributed by atoms with van der Waals surface area (Å²) in [6, 6.07) is 6.48. The fourth-order valence-electron chi connectivity index (χ4n) is 1.44. The van der Waals surface area contributed by atoms with Gasteiger partial charge in [0.25, 0.3) is 0 Å². The number of hydrogen-bond acceptors (Lipinski definition) is 2. The largest absolute Gasteiger partial charge is 0.395 e. The molecule has 0 radical (unpaired) electrons. The van der Waals surface area contributed by atoms with E-state index in [-0.39, 0.29) is 21.4 Å². The molecule has 2 aromatic rings. The zero-order valence-electron chi connectivity index (χ0n) is 8.98. The van der Waals surface area contributed by atoms with Gasteiger partial charge in [-0.2, -0.15) is 0 Å². The molecule has 0 saturated carbocycles. The van der Waals surface area contributed by atoms with E-state index in [1.165, 1.54) is 12.1 Å². The molecule has 0 aliphatic carbocycles. The van der Waals surface area contributed by atoms with Gasteiger partial charge in [-0.15, -0.1) is 0 Å². The van der Waals surface area contributed by atoms with Crippen LogP contribution in [-0.4, -0.2) is 0 Å². The van der Waals surface area contributed by atoms with Gasteiger partial charge in [0.1, 0.15) is 11.6 Å². The lowest BCUT2D eigenvalue weighted by Gasteiger charge is -2.12. The number of nitrogens with two attached hydrogens (primary N) is 1. The molecule has 0 aliphatic heterocycles. The lowest BCUT2D eigenvalue weighted by molar-refractivity contribution is 0.628. The standard InChI is InChI=1S/C12H8Cl2F2N2/c13-7-4-6(15)5-8(14)12(7)18-10-3-1-2-9(16)11(10)17/h1-5,18H,17H2. The van der Waals surface area contributed by atoms with Crippen LogP contribution in [0.5, 0.6) is 0 Å². The number of anilines is 3. The van der Waals surface area contributed by atoms with E-state index in [1.807, 2.05) is 0 Å². The van der Waals surface area contributed by atoms with E-state index < -0.39 is 11.6 Å². The molecule has 0 spiro atoms. The summed E-state index contributed by atoms with van der Waals surface area (Å²) >= 11 is 11.7. The molecule has 0 saturated heterocycles. The Morgan fingerprint density at radius 3 is 2.28 bits per heavy atom. The minimum atomic E-state index is -0.561. The number of nitrogens with one attached hydrogen (secondary N) is 1. The molecule has 0 bridgehead atoms. The summed E-state index contributed by atoms with van der Waals surface area (Å²) in [5.41, 5.74) is 6.09. The van der Waals surface area contributed by atoms with E-state index in [9.17, 15) is 8.78 Å². The Morgan fingerprint density at radius 2 is 1.67 bits per heavy atom. The number of benzene rings is 2. The molecular formula is C12H8Cl2F2N2. The van der Waals surface area contributed by atoms with Crippen LogP contribution in [0.4, 0.5) is 25.8 Å². The van der Waals surface area contributed by atoms with Gasteiger partial charge in [-0.25, -0.2) is 8.78 Å². The summed E-state index contributed by atoms with van der Waals surface area (Å²) < 4.78 is 26.3. The molecule has 6 heteroatoms. The highest BCUT2D eigenvalue weighted by atomic mass is 35.5. The van der Waals surface area contributed by atoms with Crippen molar-refractivity contribution in [3.8, 4) is 0 Å². The lowest BCUT2D eigenvalue weighted by Crippen LogP contribution is -2.00. The number of hydrogen-bond donors (Lipinski definition) is 2. The Balaban J connectivity index is 2.43. The maximum atomic E-state index is 13.3. The summed E-state index contributed by atoms with van der Waals surface area (Å²) in [4.78, 5) is 0. The van der Waals surface area contributed by atoms with Gasteiger partial charge in [0, 0.05) is 0 Å². The second kappa shape index (κ2) is 5.00. The Hall–Kier alpha value is -1.52. The molecule has 3 N–H and O–H groups in total. The van der Waals surface area contributed by atoms with E-state index in [4.69, 9.17) is 28.9 Å². The Bertz CT molecular complexity index is 580. The minimum absolute atomic E-state index is 0.0611. The Morgan fingerprint density at radius 1 is 1.06 bits per heavy atom. The molecule has 18 heavy (non-hydrogen) atoms. The number of rotatable bonds is 2. The van der Waals surface area contributed by atoms with E-state index >= 15 is 0 Å². The van der Waals surface area contributed by atoms with E-state index in [0.29, 0.717) is 5.69 Å². The van der Waals surface area contributed by atoms with Crippen LogP contribution in [0.15, 0.2) is 30.3 Å². The van der Waals surface area contributed by atoms with Crippen molar-refractivity contribution in [2.45, 2.75) is 0 Å². The average Bonchev–Trinajstić information content (AvgIpc) is 2.28. The van der Waals surface area contributed by atoms with Gasteiger partial charge in [-0.3, -0.25) is 0 Å². The number of para-hydroxylation sites is 1. The first-order chi connectivity index (χ1) is 8.49. The second-order valence-electron chi connectivity index (χ2n) is 3.57. The predicted octanol–water partition coefficient (Wildman–Crippen LogP) is 4.60. The SMILES string of the molecule is Nc1c(F)cccc1Nc1c(Cl)cc(F)cc1Cl. The molecule has 2 nitrogen and oxygen atoms in total. The zero-order valence-corrected chi connectivity index (χ0v) is 10.5. The first kappa shape index (κ1) is 12.9. The maximum absolute atomic E-state index is 13.3. The minimum Gasteiger partial charge on any atom is -0.395 e. The molecule has 0 aromatic heterocycles. The van der Waals surface area contributed by atoms with Crippen molar-refractivity contribution in [3.05, 3.63) is 52.0 Å². The quantitative estimate of drug-likeness (QED) is 0.793. The third-order valence-electron chi connectivity index (χ3n) is 2.32. The summed E-state index contributed by atoms with van der Waals surface area (Å²) in [6.45, 7) is 0. The summed E-state index contributed by atoms with van der Waals surface area (Å²) in [6.07, 6.45) is 0. The van der Waals surface area contributed by atoms with Gasteiger partial charge in [-0.1, -0.05) is 29.3 Å². The van der Waals surface area contributed by atoms with Crippen LogP contribution >= 0.6 is 23.2 Å². The van der Waals surface area contributed by atoms with Crippen molar-refractivity contribution in [2.75, 3.05) is 11.1 Å². The van der Waals surface area contributed by atoms with Gasteiger partial charge in [-0.05, 0) is 24.3 Å². The first-order valence-corrected chi connectivity index (χ1v) is 5.70. The van der Waals surface area contributed by atoms with Crippen LogP contribution in [0.3, 0.4) is 0 Å². The summed E-state index contributed by atoms with van der Waals surface area (Å²) in [7, 11) is 0. The van der Waals surface area contributed by atoms with Crippen LogP contribution in [0, 0.1) is 11.6 Å². The fraction of sp³-hybridized carbons (Fsp3) is 0. The topological polar surface area (TPSA) is 38.0 Å². The number of halogens is 4. The van der Waals surface area contributed by atoms with Gasteiger partial charge >= 0.3 is 0 Å². The summed E-state index contributed by atoms with van der Waals surface area (Å²) in [5.74, 6) is -1.11. The average molecular weight is 289 g/mol. The molecule has 0 atom stereocenters. The van der Waals surface area contributed by atoms with Crippen LogP contribution < -0.4 is 11.1 Å². The predicted molar refractivity (Wildman–Crippen MR) is 70.5 cm³/mol. The van der Waals surface area contributed by atoms with Crippen molar-refractivity contribution >= 4 is 40.3 Å². The van der Waals surface area contributed by atoms with Crippen molar-refractivity contribution in [1.29, 1.82) is 0 Å². The molecule has 2 aromatic carbocycles. The number of nitrogen functional groups attached to an aromatic ring is 1. The van der Waals surface area contributed by atoms with Gasteiger partial charge < -0.3 is 11.1 Å². The molecule has 94 valence electrons. The molecule has 0 heterocycles. The highest BCUT2D eigenvalue weighted by molar-refractivity contribution is 6.39. The maximum Gasteiger partial charge on any atom is 0.148 e. The molecule has 0 fully saturated rings. The first-order valence-electron chi connectivity index (χ1n) is 4.94. The van der Waals surface area contributed by atoms with Crippen LogP contribution in [-0.2, 0) is 0 Å². The molecule has 0 amide bonds. The lowest BCUT2D eigenvalue weighted by atomic mass is 10.2. The van der Waals surface area contributed by atoms with Gasteiger partial charge in [0.2, 0.25) is 0 Å². The van der Waals surface area contributed by atoms with Crippen molar-refractivity contribution in [1.82, 2.24) is 0 Å². The van der Waals surface area contributed by atoms with Crippen LogP contribution in [0.25, 0.3) is 0 Å².